The highest BCUT2D eigenvalue weighted by atomic mass is 16.5. The van der Waals surface area contributed by atoms with Gasteiger partial charge in [0.1, 0.15) is 11.5 Å². The molecule has 2 nitrogen and oxygen atoms in total. The second-order valence-corrected chi connectivity index (χ2v) is 4.21. The fourth-order valence-corrected chi connectivity index (χ4v) is 2.49. The quantitative estimate of drug-likeness (QED) is 0.787. The van der Waals surface area contributed by atoms with E-state index in [2.05, 4.69) is 30.4 Å². The Kier molecular flexibility index (Phi) is 2.29. The van der Waals surface area contributed by atoms with Crippen molar-refractivity contribution in [2.24, 2.45) is 0 Å². The molecule has 0 unspecified atom stereocenters. The Labute approximate surface area is 101 Å². The van der Waals surface area contributed by atoms with Crippen molar-refractivity contribution in [3.8, 4) is 11.5 Å². The first kappa shape index (κ1) is 10.2. The van der Waals surface area contributed by atoms with Crippen LogP contribution >= 0.6 is 0 Å². The van der Waals surface area contributed by atoms with Gasteiger partial charge in [-0.2, -0.15) is 0 Å². The Morgan fingerprint density at radius 3 is 2.18 bits per heavy atom. The lowest BCUT2D eigenvalue weighted by molar-refractivity contribution is 0.391. The number of hydrogen-bond acceptors (Lipinski definition) is 2. The molecule has 0 fully saturated rings. The first-order valence-electron chi connectivity index (χ1n) is 5.65. The van der Waals surface area contributed by atoms with E-state index in [0.717, 1.165) is 11.5 Å². The topological polar surface area (TPSA) is 18.5 Å². The molecule has 0 spiro atoms. The van der Waals surface area contributed by atoms with Crippen LogP contribution in [-0.2, 0) is 0 Å². The molecule has 0 aromatic heterocycles. The fraction of sp³-hybridized carbons (Fsp3) is 0.200. The molecule has 1 aromatic carbocycles. The maximum atomic E-state index is 5.46. The Hall–Kier alpha value is -1.96. The van der Waals surface area contributed by atoms with E-state index in [9.17, 15) is 0 Å². The number of ether oxygens (including phenoxy) is 2. The average molecular weight is 226 g/mol. The summed E-state index contributed by atoms with van der Waals surface area (Å²) in [7, 11) is 3.37. The summed E-state index contributed by atoms with van der Waals surface area (Å²) >= 11 is 0. The number of rotatable bonds is 3. The summed E-state index contributed by atoms with van der Waals surface area (Å²) in [6.07, 6.45) is 8.68. The van der Waals surface area contributed by atoms with Crippen molar-refractivity contribution in [1.29, 1.82) is 0 Å². The van der Waals surface area contributed by atoms with Gasteiger partial charge in [-0.25, -0.2) is 0 Å². The highest BCUT2D eigenvalue weighted by Gasteiger charge is 2.28. The Morgan fingerprint density at radius 1 is 0.941 bits per heavy atom. The van der Waals surface area contributed by atoms with Gasteiger partial charge in [-0.3, -0.25) is 0 Å². The molecule has 17 heavy (non-hydrogen) atoms. The molecule has 1 aromatic rings. The molecule has 0 saturated heterocycles. The molecule has 0 radical (unpaired) electrons. The van der Waals surface area contributed by atoms with Gasteiger partial charge in [-0.15, -0.1) is 0 Å². The van der Waals surface area contributed by atoms with Gasteiger partial charge in [-0.1, -0.05) is 30.4 Å². The second kappa shape index (κ2) is 3.81. The van der Waals surface area contributed by atoms with Gasteiger partial charge < -0.3 is 9.47 Å². The molecule has 2 heteroatoms. The summed E-state index contributed by atoms with van der Waals surface area (Å²) in [6.45, 7) is 0. The van der Waals surface area contributed by atoms with E-state index in [0.29, 0.717) is 5.92 Å². The fourth-order valence-electron chi connectivity index (χ4n) is 2.49. The lowest BCUT2D eigenvalue weighted by Gasteiger charge is -2.16. The second-order valence-electron chi connectivity index (χ2n) is 4.21. The predicted octanol–water partition coefficient (Wildman–Crippen LogP) is 3.22. The standard InChI is InChI=1S/C15H14O2/c1-16-12-7-8-13(14(9-12)17-2)15-10-3-4-11(15)6-5-10/h3-9,15H,1-2H3. The van der Waals surface area contributed by atoms with E-state index in [1.54, 1.807) is 14.2 Å². The zero-order valence-electron chi connectivity index (χ0n) is 9.94. The molecular weight excluding hydrogens is 212 g/mol. The number of fused-ring (bicyclic) bond motifs is 2. The van der Waals surface area contributed by atoms with E-state index in [1.807, 2.05) is 12.1 Å². The first-order chi connectivity index (χ1) is 8.33. The molecule has 0 N–H and O–H groups in total. The van der Waals surface area contributed by atoms with Gasteiger partial charge >= 0.3 is 0 Å². The molecule has 0 amide bonds. The monoisotopic (exact) mass is 226 g/mol. The van der Waals surface area contributed by atoms with Crippen LogP contribution in [0.25, 0.3) is 0 Å². The van der Waals surface area contributed by atoms with Crippen molar-refractivity contribution in [2.45, 2.75) is 5.92 Å². The summed E-state index contributed by atoms with van der Waals surface area (Å²) in [5.41, 5.74) is 3.88. The summed E-state index contributed by atoms with van der Waals surface area (Å²) in [5.74, 6) is 2.06. The normalized spacial score (nSPS) is 17.1. The van der Waals surface area contributed by atoms with Crippen LogP contribution < -0.4 is 9.47 Å². The molecule has 2 aliphatic carbocycles. The van der Waals surface area contributed by atoms with Crippen LogP contribution in [0.1, 0.15) is 11.5 Å². The van der Waals surface area contributed by atoms with Crippen molar-refractivity contribution in [1.82, 2.24) is 0 Å². The number of hydrogen-bond donors (Lipinski definition) is 0. The number of benzene rings is 1. The Morgan fingerprint density at radius 2 is 1.65 bits per heavy atom. The van der Waals surface area contributed by atoms with Crippen molar-refractivity contribution >= 4 is 0 Å². The zero-order valence-corrected chi connectivity index (χ0v) is 9.94. The third kappa shape index (κ3) is 1.48. The molecule has 0 atom stereocenters. The van der Waals surface area contributed by atoms with E-state index in [4.69, 9.17) is 9.47 Å². The maximum absolute atomic E-state index is 5.46. The minimum absolute atomic E-state index is 0.343. The Bertz CT molecular complexity index is 528. The van der Waals surface area contributed by atoms with E-state index >= 15 is 0 Å². The van der Waals surface area contributed by atoms with Crippen LogP contribution in [0, 0.1) is 0 Å². The van der Waals surface area contributed by atoms with Crippen molar-refractivity contribution < 1.29 is 9.47 Å². The summed E-state index contributed by atoms with van der Waals surface area (Å²) in [5, 5.41) is 0. The largest absolute Gasteiger partial charge is 0.497 e. The van der Waals surface area contributed by atoms with Crippen molar-refractivity contribution in [3.05, 3.63) is 59.2 Å². The number of methoxy groups -OCH3 is 2. The minimum Gasteiger partial charge on any atom is -0.497 e. The van der Waals surface area contributed by atoms with Crippen LogP contribution in [0.5, 0.6) is 11.5 Å². The molecule has 0 saturated carbocycles. The number of allylic oxidation sites excluding steroid dienone is 6. The molecule has 2 bridgehead atoms. The van der Waals surface area contributed by atoms with Gasteiger partial charge in [-0.05, 0) is 17.2 Å². The average Bonchev–Trinajstić information content (AvgIpc) is 2.97. The molecule has 86 valence electrons. The molecule has 2 aliphatic rings. The van der Waals surface area contributed by atoms with Crippen LogP contribution in [-0.4, -0.2) is 14.2 Å². The highest BCUT2D eigenvalue weighted by molar-refractivity contribution is 5.63. The van der Waals surface area contributed by atoms with Crippen LogP contribution in [0.4, 0.5) is 0 Å². The van der Waals surface area contributed by atoms with Crippen molar-refractivity contribution in [3.63, 3.8) is 0 Å². The van der Waals surface area contributed by atoms with E-state index in [1.165, 1.54) is 16.7 Å². The maximum Gasteiger partial charge on any atom is 0.126 e. The van der Waals surface area contributed by atoms with Gasteiger partial charge in [0, 0.05) is 17.5 Å². The lowest BCUT2D eigenvalue weighted by atomic mass is 9.92. The van der Waals surface area contributed by atoms with E-state index in [-0.39, 0.29) is 0 Å². The first-order valence-corrected chi connectivity index (χ1v) is 5.65. The van der Waals surface area contributed by atoms with Crippen molar-refractivity contribution in [2.75, 3.05) is 14.2 Å². The summed E-state index contributed by atoms with van der Waals surface area (Å²) in [6, 6.07) is 6.01. The van der Waals surface area contributed by atoms with Crippen LogP contribution in [0.3, 0.4) is 0 Å². The molecule has 0 heterocycles. The summed E-state index contributed by atoms with van der Waals surface area (Å²) in [4.78, 5) is 0. The van der Waals surface area contributed by atoms with Gasteiger partial charge in [0.2, 0.25) is 0 Å². The third-order valence-corrected chi connectivity index (χ3v) is 3.35. The van der Waals surface area contributed by atoms with Gasteiger partial charge in [0.05, 0.1) is 14.2 Å². The smallest absolute Gasteiger partial charge is 0.126 e. The van der Waals surface area contributed by atoms with E-state index < -0.39 is 0 Å². The predicted molar refractivity (Wildman–Crippen MR) is 67.6 cm³/mol. The zero-order chi connectivity index (χ0) is 11.8. The van der Waals surface area contributed by atoms with Crippen LogP contribution in [0.2, 0.25) is 0 Å². The van der Waals surface area contributed by atoms with Gasteiger partial charge in [0.15, 0.2) is 0 Å². The third-order valence-electron chi connectivity index (χ3n) is 3.35. The molecule has 3 rings (SSSR count). The minimum atomic E-state index is 0.343. The van der Waals surface area contributed by atoms with Crippen LogP contribution in [0.15, 0.2) is 53.6 Å². The Balaban J connectivity index is 2.05. The lowest BCUT2D eigenvalue weighted by Crippen LogP contribution is -2.00. The molecular formula is C15H14O2. The van der Waals surface area contributed by atoms with Gasteiger partial charge in [0.25, 0.3) is 0 Å². The SMILES string of the molecule is COc1ccc(C2C3=CC=C2C=C3)c(OC)c1. The molecule has 0 aliphatic heterocycles. The highest BCUT2D eigenvalue weighted by Crippen LogP contribution is 2.46. The summed E-state index contributed by atoms with van der Waals surface area (Å²) < 4.78 is 10.7.